The highest BCUT2D eigenvalue weighted by Gasteiger charge is 2.43. The van der Waals surface area contributed by atoms with Crippen molar-refractivity contribution in [3.8, 4) is 11.1 Å². The number of nitrogens with zero attached hydrogens (tertiary/aromatic N) is 1. The predicted molar refractivity (Wildman–Crippen MR) is 149 cm³/mol. The number of ketones is 1. The Morgan fingerprint density at radius 3 is 2.08 bits per heavy atom. The normalized spacial score (nSPS) is 12.8. The maximum absolute atomic E-state index is 14.5. The highest BCUT2D eigenvalue weighted by atomic mass is 28.4. The summed E-state index contributed by atoms with van der Waals surface area (Å²) in [6.07, 6.45) is -8.50. The second kappa shape index (κ2) is 10.9. The van der Waals surface area contributed by atoms with Crippen molar-refractivity contribution in [1.82, 2.24) is 4.98 Å². The summed E-state index contributed by atoms with van der Waals surface area (Å²) in [5.74, 6) is -0.959. The summed E-state index contributed by atoms with van der Waals surface area (Å²) in [5, 5.41) is 1.16. The van der Waals surface area contributed by atoms with Crippen LogP contribution >= 0.6 is 0 Å². The van der Waals surface area contributed by atoms with Gasteiger partial charge in [-0.25, -0.2) is 13.8 Å². The Morgan fingerprint density at radius 1 is 0.900 bits per heavy atom. The van der Waals surface area contributed by atoms with Crippen LogP contribution in [0.2, 0.25) is 18.1 Å². The van der Waals surface area contributed by atoms with Crippen LogP contribution in [0.4, 0.5) is 22.0 Å². The first-order valence-electron chi connectivity index (χ1n) is 12.8. The quantitative estimate of drug-likeness (QED) is 0.126. The molecule has 210 valence electrons. The number of hydrogen-bond donors (Lipinski definition) is 0. The summed E-state index contributed by atoms with van der Waals surface area (Å²) in [6.45, 7) is 9.30. The molecule has 0 radical (unpaired) electrons. The number of carbonyl (C=O) groups is 1. The van der Waals surface area contributed by atoms with Crippen molar-refractivity contribution in [2.45, 2.75) is 58.1 Å². The van der Waals surface area contributed by atoms with E-state index in [4.69, 9.17) is 4.43 Å². The van der Waals surface area contributed by atoms with Gasteiger partial charge in [0.25, 0.3) is 6.43 Å². The van der Waals surface area contributed by atoms with Gasteiger partial charge in [0.05, 0.1) is 12.2 Å². The van der Waals surface area contributed by atoms with Gasteiger partial charge in [-0.3, -0.25) is 4.79 Å². The first-order valence-corrected chi connectivity index (χ1v) is 15.7. The maximum Gasteiger partial charge on any atom is 0.434 e. The fraction of sp³-hybridized carbons (Fsp3) is 0.290. The SMILES string of the molecule is CC(C)(C)[Si](C)(C)OCc1c(C(F)F)nc(C(F)(F)F)c(C(=O)c2ccc3ccccc3c2)c1-c1ccccc1. The molecule has 0 spiro atoms. The number of aromatic nitrogens is 1. The van der Waals surface area contributed by atoms with Gasteiger partial charge in [0.1, 0.15) is 5.69 Å². The monoisotopic (exact) mass is 571 g/mol. The highest BCUT2D eigenvalue weighted by molar-refractivity contribution is 6.74. The van der Waals surface area contributed by atoms with Gasteiger partial charge in [-0.2, -0.15) is 13.2 Å². The molecule has 0 atom stereocenters. The van der Waals surface area contributed by atoms with Crippen molar-refractivity contribution in [3.63, 3.8) is 0 Å². The van der Waals surface area contributed by atoms with E-state index in [1.807, 2.05) is 39.9 Å². The maximum atomic E-state index is 14.5. The van der Waals surface area contributed by atoms with Crippen LogP contribution in [-0.4, -0.2) is 19.1 Å². The van der Waals surface area contributed by atoms with E-state index >= 15 is 0 Å². The molecule has 0 amide bonds. The molecule has 3 nitrogen and oxygen atoms in total. The molecule has 0 aliphatic rings. The van der Waals surface area contributed by atoms with Crippen LogP contribution in [0.15, 0.2) is 72.8 Å². The Hall–Kier alpha value is -3.43. The zero-order valence-electron chi connectivity index (χ0n) is 22.9. The fourth-order valence-electron chi connectivity index (χ4n) is 4.26. The zero-order chi connectivity index (χ0) is 29.5. The molecular weight excluding hydrogens is 541 g/mol. The smallest absolute Gasteiger partial charge is 0.412 e. The number of alkyl halides is 5. The molecule has 0 N–H and O–H groups in total. The first-order chi connectivity index (χ1) is 18.6. The van der Waals surface area contributed by atoms with Crippen LogP contribution < -0.4 is 0 Å². The van der Waals surface area contributed by atoms with Crippen LogP contribution in [0.25, 0.3) is 21.9 Å². The molecule has 4 aromatic rings. The predicted octanol–water partition coefficient (Wildman–Crippen LogP) is 9.61. The number of halogens is 5. The Balaban J connectivity index is 2.06. The second-order valence-corrected chi connectivity index (χ2v) is 16.0. The van der Waals surface area contributed by atoms with Gasteiger partial charge in [0.15, 0.2) is 19.8 Å². The number of hydrogen-bond acceptors (Lipinski definition) is 3. The lowest BCUT2D eigenvalue weighted by molar-refractivity contribution is -0.141. The minimum absolute atomic E-state index is 0.00996. The van der Waals surface area contributed by atoms with Crippen LogP contribution in [0.5, 0.6) is 0 Å². The van der Waals surface area contributed by atoms with Crippen molar-refractivity contribution in [2.24, 2.45) is 0 Å². The van der Waals surface area contributed by atoms with E-state index in [-0.39, 0.29) is 27.3 Å². The van der Waals surface area contributed by atoms with Crippen molar-refractivity contribution < 1.29 is 31.2 Å². The summed E-state index contributed by atoms with van der Waals surface area (Å²) in [4.78, 5) is 17.4. The Kier molecular flexibility index (Phi) is 8.02. The van der Waals surface area contributed by atoms with Gasteiger partial charge in [0, 0.05) is 16.7 Å². The van der Waals surface area contributed by atoms with Gasteiger partial charge < -0.3 is 4.43 Å². The summed E-state index contributed by atoms with van der Waals surface area (Å²) in [7, 11) is -2.54. The molecule has 9 heteroatoms. The van der Waals surface area contributed by atoms with E-state index in [0.717, 1.165) is 5.39 Å². The van der Waals surface area contributed by atoms with E-state index in [9.17, 15) is 26.7 Å². The molecule has 4 rings (SSSR count). The average Bonchev–Trinajstić information content (AvgIpc) is 2.89. The zero-order valence-corrected chi connectivity index (χ0v) is 23.9. The third-order valence-corrected chi connectivity index (χ3v) is 12.0. The molecule has 40 heavy (non-hydrogen) atoms. The topological polar surface area (TPSA) is 39.2 Å². The van der Waals surface area contributed by atoms with E-state index in [2.05, 4.69) is 4.98 Å². The number of fused-ring (bicyclic) bond motifs is 1. The van der Waals surface area contributed by atoms with Crippen LogP contribution in [0.1, 0.15) is 60.1 Å². The molecule has 0 fully saturated rings. The fourth-order valence-corrected chi connectivity index (χ4v) is 5.20. The van der Waals surface area contributed by atoms with E-state index < -0.39 is 50.3 Å². The summed E-state index contributed by atoms with van der Waals surface area (Å²) < 4.78 is 78.5. The lowest BCUT2D eigenvalue weighted by atomic mass is 9.87. The van der Waals surface area contributed by atoms with Crippen molar-refractivity contribution in [3.05, 3.63) is 101 Å². The van der Waals surface area contributed by atoms with Crippen LogP contribution in [0.3, 0.4) is 0 Å². The van der Waals surface area contributed by atoms with E-state index in [1.54, 1.807) is 42.5 Å². The lowest BCUT2D eigenvalue weighted by Gasteiger charge is -2.36. The van der Waals surface area contributed by atoms with Gasteiger partial charge in [-0.05, 0) is 40.5 Å². The molecule has 0 unspecified atom stereocenters. The minimum Gasteiger partial charge on any atom is -0.412 e. The van der Waals surface area contributed by atoms with Crippen molar-refractivity contribution >= 4 is 24.9 Å². The summed E-state index contributed by atoms with van der Waals surface area (Å²) >= 11 is 0. The second-order valence-electron chi connectivity index (χ2n) is 11.2. The van der Waals surface area contributed by atoms with Gasteiger partial charge >= 0.3 is 6.18 Å². The highest BCUT2D eigenvalue weighted by Crippen LogP contribution is 2.44. The first kappa shape index (κ1) is 29.5. The average molecular weight is 572 g/mol. The van der Waals surface area contributed by atoms with E-state index in [0.29, 0.717) is 5.39 Å². The van der Waals surface area contributed by atoms with Crippen LogP contribution in [0, 0.1) is 0 Å². The molecule has 0 bridgehead atoms. The minimum atomic E-state index is -5.17. The standard InChI is InChI=1S/C31H30F5NO2Si/c1-30(2,3)40(4,5)39-18-23-24(20-12-7-6-8-13-20)25(28(31(34,35)36)37-26(23)29(32)33)27(38)22-16-15-19-11-9-10-14-21(19)17-22/h6-17,29H,18H2,1-5H3. The molecule has 0 saturated carbocycles. The lowest BCUT2D eigenvalue weighted by Crippen LogP contribution is -2.40. The molecule has 0 aliphatic heterocycles. The van der Waals surface area contributed by atoms with Crippen molar-refractivity contribution in [2.75, 3.05) is 0 Å². The van der Waals surface area contributed by atoms with Crippen LogP contribution in [-0.2, 0) is 17.2 Å². The number of benzene rings is 3. The van der Waals surface area contributed by atoms with Gasteiger partial charge in [0.2, 0.25) is 0 Å². The largest absolute Gasteiger partial charge is 0.434 e. The Bertz CT molecular complexity index is 1540. The summed E-state index contributed by atoms with van der Waals surface area (Å²) in [6, 6.07) is 19.5. The molecule has 1 heterocycles. The third kappa shape index (κ3) is 5.85. The van der Waals surface area contributed by atoms with Gasteiger partial charge in [-0.1, -0.05) is 87.5 Å². The molecule has 0 aliphatic carbocycles. The molecular formula is C31H30F5NO2Si. The third-order valence-electron chi connectivity index (χ3n) is 7.49. The molecule has 1 aromatic heterocycles. The summed E-state index contributed by atoms with van der Waals surface area (Å²) in [5.41, 5.74) is -3.74. The van der Waals surface area contributed by atoms with Crippen molar-refractivity contribution in [1.29, 1.82) is 0 Å². The molecule has 3 aromatic carbocycles. The Morgan fingerprint density at radius 2 is 1.50 bits per heavy atom. The number of rotatable bonds is 7. The number of carbonyl (C=O) groups excluding carboxylic acids is 1. The Labute approximate surface area is 231 Å². The van der Waals surface area contributed by atoms with Gasteiger partial charge in [-0.15, -0.1) is 0 Å². The molecule has 0 saturated heterocycles. The number of pyridine rings is 1. The van der Waals surface area contributed by atoms with E-state index in [1.165, 1.54) is 24.3 Å².